The van der Waals surface area contributed by atoms with Crippen LogP contribution in [0, 0.1) is 17.8 Å². The fourth-order valence-corrected chi connectivity index (χ4v) is 6.13. The summed E-state index contributed by atoms with van der Waals surface area (Å²) >= 11 is 0. The van der Waals surface area contributed by atoms with Crippen LogP contribution in [-0.2, 0) is 11.3 Å². The lowest BCUT2D eigenvalue weighted by molar-refractivity contribution is 0.121. The van der Waals surface area contributed by atoms with Gasteiger partial charge in [-0.05, 0) is 110 Å². The van der Waals surface area contributed by atoms with Crippen LogP contribution in [0.25, 0.3) is 11.1 Å². The highest BCUT2D eigenvalue weighted by molar-refractivity contribution is 5.64. The third-order valence-corrected chi connectivity index (χ3v) is 8.12. The van der Waals surface area contributed by atoms with E-state index >= 15 is 0 Å². The Morgan fingerprint density at radius 3 is 1.91 bits per heavy atom. The summed E-state index contributed by atoms with van der Waals surface area (Å²) in [4.78, 5) is 0. The maximum absolute atomic E-state index is 5.65. The minimum Gasteiger partial charge on any atom is -0.377 e. The number of allylic oxidation sites excluding steroid dienone is 1. The van der Waals surface area contributed by atoms with Crippen LogP contribution >= 0.6 is 0 Å². The number of hydrogen-bond donors (Lipinski definition) is 0. The molecule has 0 saturated heterocycles. The van der Waals surface area contributed by atoms with Crippen LogP contribution in [0.3, 0.4) is 0 Å². The molecule has 0 atom stereocenters. The van der Waals surface area contributed by atoms with E-state index in [1.807, 2.05) is 0 Å². The monoisotopic (exact) mass is 430 g/mol. The summed E-state index contributed by atoms with van der Waals surface area (Å²) in [6.07, 6.45) is 15.9. The third kappa shape index (κ3) is 6.13. The molecule has 172 valence electrons. The van der Waals surface area contributed by atoms with E-state index in [0.29, 0.717) is 6.61 Å². The van der Waals surface area contributed by atoms with Crippen molar-refractivity contribution in [1.82, 2.24) is 0 Å². The van der Waals surface area contributed by atoms with E-state index in [9.17, 15) is 0 Å². The first-order valence-electron chi connectivity index (χ1n) is 13.1. The summed E-state index contributed by atoms with van der Waals surface area (Å²) in [5.41, 5.74) is 5.42. The fraction of sp³-hybridized carbons (Fsp3) is 0.548. The quantitative estimate of drug-likeness (QED) is 0.285. The minimum atomic E-state index is 0.714. The lowest BCUT2D eigenvalue weighted by Crippen LogP contribution is -2.25. The van der Waals surface area contributed by atoms with Crippen molar-refractivity contribution in [3.63, 3.8) is 0 Å². The first-order valence-corrected chi connectivity index (χ1v) is 13.1. The average molecular weight is 431 g/mol. The Balaban J connectivity index is 1.26. The summed E-state index contributed by atoms with van der Waals surface area (Å²) in [5.74, 6) is 3.66. The molecule has 0 N–H and O–H groups in total. The molecule has 2 aromatic rings. The van der Waals surface area contributed by atoms with Crippen molar-refractivity contribution in [2.75, 3.05) is 6.61 Å². The van der Waals surface area contributed by atoms with Crippen molar-refractivity contribution in [1.29, 1.82) is 0 Å². The van der Waals surface area contributed by atoms with Crippen molar-refractivity contribution in [2.24, 2.45) is 17.8 Å². The molecule has 2 aromatic carbocycles. The van der Waals surface area contributed by atoms with Gasteiger partial charge in [-0.15, -0.1) is 6.58 Å². The molecular formula is C31H42O. The van der Waals surface area contributed by atoms with Crippen LogP contribution in [0.15, 0.2) is 61.2 Å². The molecule has 2 fully saturated rings. The molecular weight excluding hydrogens is 388 g/mol. The second-order valence-corrected chi connectivity index (χ2v) is 10.3. The van der Waals surface area contributed by atoms with Crippen LogP contribution in [-0.4, -0.2) is 6.61 Å². The van der Waals surface area contributed by atoms with E-state index in [1.165, 1.54) is 74.5 Å². The standard InChI is InChI=1S/C31H42O/c1-3-5-24-6-10-26(11-7-24)28-14-18-30(19-15-28)31-20-16-29(17-21-31)27-12-8-25(9-13-27)23-32-22-4-2/h3,8-9,12-13,16-17,20-21,24,26,28,30H,1,4-7,10-11,14-15,18-19,22-23H2,2H3/t24-,26-,28-,30-. The molecule has 0 aromatic heterocycles. The van der Waals surface area contributed by atoms with Gasteiger partial charge >= 0.3 is 0 Å². The van der Waals surface area contributed by atoms with Crippen LogP contribution < -0.4 is 0 Å². The molecule has 4 rings (SSSR count). The Bertz CT molecular complexity index is 803. The predicted octanol–water partition coefficient (Wildman–Crippen LogP) is 8.94. The van der Waals surface area contributed by atoms with Gasteiger partial charge < -0.3 is 4.74 Å². The van der Waals surface area contributed by atoms with Gasteiger partial charge in [0.05, 0.1) is 6.61 Å². The summed E-state index contributed by atoms with van der Waals surface area (Å²) in [5, 5.41) is 0. The van der Waals surface area contributed by atoms with E-state index in [1.54, 1.807) is 5.56 Å². The van der Waals surface area contributed by atoms with E-state index in [0.717, 1.165) is 36.7 Å². The van der Waals surface area contributed by atoms with Crippen LogP contribution in [0.5, 0.6) is 0 Å². The maximum atomic E-state index is 5.65. The van der Waals surface area contributed by atoms with Gasteiger partial charge in [0.25, 0.3) is 0 Å². The lowest BCUT2D eigenvalue weighted by Gasteiger charge is -2.38. The highest BCUT2D eigenvalue weighted by Crippen LogP contribution is 2.44. The van der Waals surface area contributed by atoms with Gasteiger partial charge in [-0.2, -0.15) is 0 Å². The van der Waals surface area contributed by atoms with Gasteiger partial charge in [0.2, 0.25) is 0 Å². The fourth-order valence-electron chi connectivity index (χ4n) is 6.13. The first-order chi connectivity index (χ1) is 15.8. The molecule has 32 heavy (non-hydrogen) atoms. The number of ether oxygens (including phenoxy) is 1. The number of hydrogen-bond acceptors (Lipinski definition) is 1. The predicted molar refractivity (Wildman–Crippen MR) is 137 cm³/mol. The van der Waals surface area contributed by atoms with Gasteiger partial charge in [0, 0.05) is 6.61 Å². The first kappa shape index (κ1) is 23.3. The second-order valence-electron chi connectivity index (χ2n) is 10.3. The van der Waals surface area contributed by atoms with E-state index in [-0.39, 0.29) is 0 Å². The van der Waals surface area contributed by atoms with Crippen molar-refractivity contribution in [3.8, 4) is 11.1 Å². The third-order valence-electron chi connectivity index (χ3n) is 8.12. The smallest absolute Gasteiger partial charge is 0.0716 e. The largest absolute Gasteiger partial charge is 0.377 e. The van der Waals surface area contributed by atoms with E-state index < -0.39 is 0 Å². The molecule has 2 aliphatic rings. The lowest BCUT2D eigenvalue weighted by atomic mass is 9.68. The van der Waals surface area contributed by atoms with Gasteiger partial charge in [-0.25, -0.2) is 0 Å². The molecule has 2 saturated carbocycles. The summed E-state index contributed by atoms with van der Waals surface area (Å²) in [6.45, 7) is 7.63. The molecule has 0 radical (unpaired) electrons. The van der Waals surface area contributed by atoms with Crippen LogP contribution in [0.1, 0.15) is 88.2 Å². The highest BCUT2D eigenvalue weighted by atomic mass is 16.5. The summed E-state index contributed by atoms with van der Waals surface area (Å²) in [7, 11) is 0. The SMILES string of the molecule is C=CC[C@H]1CC[C@H]([C@H]2CC[C@H](c3ccc(-c4ccc(COCCC)cc4)cc3)CC2)CC1. The molecule has 0 amide bonds. The Kier molecular flexibility index (Phi) is 8.62. The molecule has 0 aliphatic heterocycles. The molecule has 0 unspecified atom stereocenters. The zero-order chi connectivity index (χ0) is 22.2. The molecule has 0 heterocycles. The molecule has 1 nitrogen and oxygen atoms in total. The van der Waals surface area contributed by atoms with Crippen molar-refractivity contribution in [3.05, 3.63) is 72.3 Å². The number of benzene rings is 2. The summed E-state index contributed by atoms with van der Waals surface area (Å²) < 4.78 is 5.65. The Hall–Kier alpha value is -1.86. The topological polar surface area (TPSA) is 9.23 Å². The van der Waals surface area contributed by atoms with Gasteiger partial charge in [-0.1, -0.05) is 61.5 Å². The zero-order valence-electron chi connectivity index (χ0n) is 20.1. The molecule has 2 aliphatic carbocycles. The van der Waals surface area contributed by atoms with E-state index in [2.05, 4.69) is 68.1 Å². The second kappa shape index (κ2) is 11.8. The Labute approximate surface area is 196 Å². The minimum absolute atomic E-state index is 0.714. The molecule has 0 bridgehead atoms. The molecule has 1 heteroatoms. The number of rotatable bonds is 9. The van der Waals surface area contributed by atoms with Crippen molar-refractivity contribution in [2.45, 2.75) is 83.7 Å². The van der Waals surface area contributed by atoms with Crippen molar-refractivity contribution < 1.29 is 4.74 Å². The normalized spacial score (nSPS) is 26.0. The van der Waals surface area contributed by atoms with E-state index in [4.69, 9.17) is 4.74 Å². The Morgan fingerprint density at radius 1 is 0.781 bits per heavy atom. The van der Waals surface area contributed by atoms with Gasteiger partial charge in [0.15, 0.2) is 0 Å². The summed E-state index contributed by atoms with van der Waals surface area (Å²) in [6, 6.07) is 18.3. The van der Waals surface area contributed by atoms with Gasteiger partial charge in [0.1, 0.15) is 0 Å². The van der Waals surface area contributed by atoms with Gasteiger partial charge in [-0.3, -0.25) is 0 Å². The van der Waals surface area contributed by atoms with Crippen LogP contribution in [0.2, 0.25) is 0 Å². The highest BCUT2D eigenvalue weighted by Gasteiger charge is 2.30. The average Bonchev–Trinajstić information content (AvgIpc) is 2.86. The van der Waals surface area contributed by atoms with Crippen LogP contribution in [0.4, 0.5) is 0 Å². The van der Waals surface area contributed by atoms with Crippen molar-refractivity contribution >= 4 is 0 Å². The Morgan fingerprint density at radius 2 is 1.34 bits per heavy atom. The molecule has 0 spiro atoms. The maximum Gasteiger partial charge on any atom is 0.0716 e. The zero-order valence-corrected chi connectivity index (χ0v) is 20.1.